The van der Waals surface area contributed by atoms with Gasteiger partial charge in [-0.05, 0) is 31.1 Å². The van der Waals surface area contributed by atoms with Gasteiger partial charge in [-0.2, -0.15) is 0 Å². The zero-order valence-electron chi connectivity index (χ0n) is 13.2. The van der Waals surface area contributed by atoms with Gasteiger partial charge in [-0.1, -0.05) is 25.7 Å². The molecule has 3 aliphatic rings. The van der Waals surface area contributed by atoms with Crippen LogP contribution in [0.4, 0.5) is 4.79 Å². The van der Waals surface area contributed by atoms with E-state index < -0.39 is 0 Å². The van der Waals surface area contributed by atoms with Crippen molar-refractivity contribution in [1.29, 1.82) is 0 Å². The molecule has 4 rings (SSSR count). The maximum atomic E-state index is 12.5. The number of amides is 2. The van der Waals surface area contributed by atoms with Gasteiger partial charge in [0.2, 0.25) is 0 Å². The third-order valence-corrected chi connectivity index (χ3v) is 5.90. The predicted octanol–water partition coefficient (Wildman–Crippen LogP) is 2.77. The Morgan fingerprint density at radius 1 is 1.14 bits per heavy atom. The molecule has 2 amide bonds. The van der Waals surface area contributed by atoms with E-state index in [4.69, 9.17) is 0 Å². The second-order valence-corrected chi connectivity index (χ2v) is 7.22. The Kier molecular flexibility index (Phi) is 3.80. The van der Waals surface area contributed by atoms with E-state index in [2.05, 4.69) is 14.9 Å². The van der Waals surface area contributed by atoms with Crippen LogP contribution in [0, 0.1) is 11.8 Å². The lowest BCUT2D eigenvalue weighted by Crippen LogP contribution is -2.49. The van der Waals surface area contributed by atoms with Crippen LogP contribution in [0.1, 0.15) is 50.8 Å². The first kappa shape index (κ1) is 14.1. The number of nitrogens with one attached hydrogen (secondary N) is 1. The molecule has 1 aromatic heterocycles. The van der Waals surface area contributed by atoms with Gasteiger partial charge in [0, 0.05) is 31.5 Å². The molecule has 1 aromatic rings. The summed E-state index contributed by atoms with van der Waals surface area (Å²) in [5, 5.41) is 3.29. The van der Waals surface area contributed by atoms with Crippen molar-refractivity contribution < 1.29 is 4.79 Å². The quantitative estimate of drug-likeness (QED) is 0.867. The first-order valence-corrected chi connectivity index (χ1v) is 8.85. The number of hydrogen-bond acceptors (Lipinski definition) is 2. The molecule has 0 bridgehead atoms. The molecule has 22 heavy (non-hydrogen) atoms. The fourth-order valence-corrected chi connectivity index (χ4v) is 4.62. The Morgan fingerprint density at radius 2 is 2.00 bits per heavy atom. The largest absolute Gasteiger partial charge is 0.335 e. The van der Waals surface area contributed by atoms with Crippen LogP contribution in [0.25, 0.3) is 0 Å². The zero-order valence-corrected chi connectivity index (χ0v) is 13.2. The summed E-state index contributed by atoms with van der Waals surface area (Å²) in [6.07, 6.45) is 13.1. The summed E-state index contributed by atoms with van der Waals surface area (Å²) < 4.78 is 2.14. The van der Waals surface area contributed by atoms with Gasteiger partial charge in [0.1, 0.15) is 5.82 Å². The first-order valence-electron chi connectivity index (χ1n) is 8.85. The van der Waals surface area contributed by atoms with E-state index in [1.807, 2.05) is 17.3 Å². The molecule has 2 aliphatic carbocycles. The molecule has 2 heterocycles. The maximum Gasteiger partial charge on any atom is 0.318 e. The minimum absolute atomic E-state index is 0.105. The Labute approximate surface area is 132 Å². The molecule has 3 unspecified atom stereocenters. The van der Waals surface area contributed by atoms with Crippen molar-refractivity contribution >= 4 is 6.03 Å². The van der Waals surface area contributed by atoms with Gasteiger partial charge in [-0.15, -0.1) is 0 Å². The van der Waals surface area contributed by atoms with Crippen molar-refractivity contribution in [2.24, 2.45) is 11.8 Å². The summed E-state index contributed by atoms with van der Waals surface area (Å²) >= 11 is 0. The Morgan fingerprint density at radius 3 is 2.91 bits per heavy atom. The summed E-state index contributed by atoms with van der Waals surface area (Å²) in [6.45, 7) is 2.28. The van der Waals surface area contributed by atoms with E-state index in [9.17, 15) is 4.79 Å². The molecule has 2 saturated carbocycles. The van der Waals surface area contributed by atoms with E-state index in [0.717, 1.165) is 37.2 Å². The molecule has 3 atom stereocenters. The molecular weight excluding hydrogens is 276 g/mol. The number of rotatable bonds is 1. The second kappa shape index (κ2) is 5.94. The predicted molar refractivity (Wildman–Crippen MR) is 84.3 cm³/mol. The lowest BCUT2D eigenvalue weighted by molar-refractivity contribution is 0.134. The zero-order chi connectivity index (χ0) is 14.9. The van der Waals surface area contributed by atoms with Gasteiger partial charge < -0.3 is 14.8 Å². The number of carbonyl (C=O) groups excluding carboxylic acids is 1. The van der Waals surface area contributed by atoms with E-state index in [0.29, 0.717) is 12.6 Å². The van der Waals surface area contributed by atoms with Crippen LogP contribution in [0.5, 0.6) is 0 Å². The van der Waals surface area contributed by atoms with E-state index >= 15 is 0 Å². The highest BCUT2D eigenvalue weighted by Gasteiger charge is 2.33. The monoisotopic (exact) mass is 302 g/mol. The number of carbonyl (C=O) groups is 1. The number of imidazole rings is 1. The van der Waals surface area contributed by atoms with Crippen molar-refractivity contribution in [3.63, 3.8) is 0 Å². The molecule has 1 N–H and O–H groups in total. The Balaban J connectivity index is 1.33. The van der Waals surface area contributed by atoms with Crippen LogP contribution >= 0.6 is 0 Å². The number of aromatic nitrogens is 2. The molecular formula is C17H26N4O. The van der Waals surface area contributed by atoms with Crippen LogP contribution in [-0.2, 0) is 13.1 Å². The first-order chi connectivity index (χ1) is 10.8. The van der Waals surface area contributed by atoms with Crippen molar-refractivity contribution in [3.8, 4) is 0 Å². The maximum absolute atomic E-state index is 12.5. The molecule has 5 nitrogen and oxygen atoms in total. The van der Waals surface area contributed by atoms with Crippen molar-refractivity contribution in [1.82, 2.24) is 19.8 Å². The van der Waals surface area contributed by atoms with Crippen LogP contribution in [-0.4, -0.2) is 33.1 Å². The van der Waals surface area contributed by atoms with Crippen molar-refractivity contribution in [3.05, 3.63) is 18.2 Å². The standard InChI is InChI=1S/C17H26N4O/c22-17(21-10-9-20-8-7-18-16(20)12-21)19-15-6-5-13-3-1-2-4-14(13)11-15/h7-8,13-15H,1-6,9-12H2,(H,19,22). The summed E-state index contributed by atoms with van der Waals surface area (Å²) in [5.41, 5.74) is 0. The highest BCUT2D eigenvalue weighted by molar-refractivity contribution is 5.74. The average molecular weight is 302 g/mol. The van der Waals surface area contributed by atoms with Gasteiger partial charge in [-0.25, -0.2) is 9.78 Å². The van der Waals surface area contributed by atoms with Crippen LogP contribution in [0.2, 0.25) is 0 Å². The summed E-state index contributed by atoms with van der Waals surface area (Å²) in [4.78, 5) is 18.8. The van der Waals surface area contributed by atoms with E-state index in [-0.39, 0.29) is 6.03 Å². The number of urea groups is 1. The minimum atomic E-state index is 0.105. The Hall–Kier alpha value is -1.52. The fraction of sp³-hybridized carbons (Fsp3) is 0.765. The van der Waals surface area contributed by atoms with E-state index in [1.54, 1.807) is 0 Å². The van der Waals surface area contributed by atoms with Gasteiger partial charge in [0.15, 0.2) is 0 Å². The minimum Gasteiger partial charge on any atom is -0.335 e. The van der Waals surface area contributed by atoms with Crippen molar-refractivity contribution in [2.45, 2.75) is 64.1 Å². The second-order valence-electron chi connectivity index (χ2n) is 7.22. The third-order valence-electron chi connectivity index (χ3n) is 5.90. The molecule has 0 radical (unpaired) electrons. The SMILES string of the molecule is O=C(NC1CCC2CCCCC2C1)N1CCn2ccnc2C1. The molecule has 0 saturated heterocycles. The number of fused-ring (bicyclic) bond motifs is 2. The topological polar surface area (TPSA) is 50.2 Å². The average Bonchev–Trinajstić information content (AvgIpc) is 3.02. The highest BCUT2D eigenvalue weighted by Crippen LogP contribution is 2.40. The number of hydrogen-bond donors (Lipinski definition) is 1. The molecule has 1 aliphatic heterocycles. The van der Waals surface area contributed by atoms with Crippen LogP contribution in [0.3, 0.4) is 0 Å². The smallest absolute Gasteiger partial charge is 0.318 e. The molecule has 0 spiro atoms. The third kappa shape index (κ3) is 2.73. The lowest BCUT2D eigenvalue weighted by Gasteiger charge is -2.40. The fourth-order valence-electron chi connectivity index (χ4n) is 4.62. The van der Waals surface area contributed by atoms with Crippen LogP contribution in [0.15, 0.2) is 12.4 Å². The normalized spacial score (nSPS) is 31.3. The summed E-state index contributed by atoms with van der Waals surface area (Å²) in [5.74, 6) is 2.79. The molecule has 2 fully saturated rings. The molecule has 5 heteroatoms. The van der Waals surface area contributed by atoms with E-state index in [1.165, 1.54) is 38.5 Å². The van der Waals surface area contributed by atoms with Crippen molar-refractivity contribution in [2.75, 3.05) is 6.54 Å². The Bertz CT molecular complexity index is 541. The van der Waals surface area contributed by atoms with Gasteiger partial charge in [-0.3, -0.25) is 0 Å². The van der Waals surface area contributed by atoms with Gasteiger partial charge in [0.05, 0.1) is 6.54 Å². The number of nitrogens with zero attached hydrogens (tertiary/aromatic N) is 3. The summed E-state index contributed by atoms with van der Waals surface area (Å²) in [6, 6.07) is 0.488. The van der Waals surface area contributed by atoms with Crippen LogP contribution < -0.4 is 5.32 Å². The van der Waals surface area contributed by atoms with Gasteiger partial charge in [0.25, 0.3) is 0 Å². The molecule has 120 valence electrons. The lowest BCUT2D eigenvalue weighted by atomic mass is 9.69. The summed E-state index contributed by atoms with van der Waals surface area (Å²) in [7, 11) is 0. The molecule has 0 aromatic carbocycles. The highest BCUT2D eigenvalue weighted by atomic mass is 16.2. The van der Waals surface area contributed by atoms with Gasteiger partial charge >= 0.3 is 6.03 Å².